The molecule has 1 N–H and O–H groups in total. The monoisotopic (exact) mass is 332 g/mol. The molecule has 0 atom stereocenters. The first-order chi connectivity index (χ1) is 12.4. The molecule has 0 aliphatic carbocycles. The Balaban J connectivity index is 1.36. The fourth-order valence-electron chi connectivity index (χ4n) is 3.55. The number of nitrogens with zero attached hydrogens (tertiary/aromatic N) is 1. The highest BCUT2D eigenvalue weighted by atomic mass is 16.3. The fourth-order valence-corrected chi connectivity index (χ4v) is 3.55. The Bertz CT molecular complexity index is 775. The van der Waals surface area contributed by atoms with Crippen molar-refractivity contribution in [2.24, 2.45) is 0 Å². The summed E-state index contributed by atoms with van der Waals surface area (Å²) in [5.41, 5.74) is 3.70. The van der Waals surface area contributed by atoms with Crippen molar-refractivity contribution in [2.45, 2.75) is 25.4 Å². The van der Waals surface area contributed by atoms with Crippen molar-refractivity contribution >= 4 is 5.69 Å². The van der Waals surface area contributed by atoms with E-state index in [0.29, 0.717) is 6.04 Å². The van der Waals surface area contributed by atoms with E-state index in [2.05, 4.69) is 64.8 Å². The van der Waals surface area contributed by atoms with Crippen LogP contribution in [0.5, 0.6) is 0 Å². The zero-order chi connectivity index (χ0) is 16.9. The molecule has 2 heterocycles. The lowest BCUT2D eigenvalue weighted by atomic mass is 10.0. The minimum absolute atomic E-state index is 0.517. The SMILES string of the molecule is c1ccc(CN2CCC(Nc3ccccc3-c3ccco3)CC2)cc1. The van der Waals surface area contributed by atoms with Gasteiger partial charge in [-0.05, 0) is 42.7 Å². The van der Waals surface area contributed by atoms with Gasteiger partial charge >= 0.3 is 0 Å². The summed E-state index contributed by atoms with van der Waals surface area (Å²) in [6.45, 7) is 3.32. The molecule has 1 aliphatic heterocycles. The van der Waals surface area contributed by atoms with E-state index in [9.17, 15) is 0 Å². The molecule has 1 saturated heterocycles. The van der Waals surface area contributed by atoms with Gasteiger partial charge in [0.1, 0.15) is 5.76 Å². The summed E-state index contributed by atoms with van der Waals surface area (Å²) in [5, 5.41) is 3.74. The number of furan rings is 1. The van der Waals surface area contributed by atoms with E-state index in [0.717, 1.165) is 31.0 Å². The molecule has 25 heavy (non-hydrogen) atoms. The summed E-state index contributed by atoms with van der Waals surface area (Å²) < 4.78 is 5.58. The third-order valence-corrected chi connectivity index (χ3v) is 4.91. The molecule has 1 aliphatic rings. The average Bonchev–Trinajstić information content (AvgIpc) is 3.19. The lowest BCUT2D eigenvalue weighted by Crippen LogP contribution is -2.38. The third kappa shape index (κ3) is 3.94. The van der Waals surface area contributed by atoms with Gasteiger partial charge < -0.3 is 9.73 Å². The van der Waals surface area contributed by atoms with Crippen LogP contribution in [0.15, 0.2) is 77.4 Å². The topological polar surface area (TPSA) is 28.4 Å². The van der Waals surface area contributed by atoms with Gasteiger partial charge in [0, 0.05) is 36.9 Å². The minimum Gasteiger partial charge on any atom is -0.464 e. The second kappa shape index (κ2) is 7.58. The maximum absolute atomic E-state index is 5.58. The second-order valence-electron chi connectivity index (χ2n) is 6.70. The van der Waals surface area contributed by atoms with Crippen molar-refractivity contribution in [1.82, 2.24) is 4.90 Å². The zero-order valence-electron chi connectivity index (χ0n) is 14.4. The lowest BCUT2D eigenvalue weighted by molar-refractivity contribution is 0.211. The molecular formula is C22H24N2O. The highest BCUT2D eigenvalue weighted by Gasteiger charge is 2.20. The van der Waals surface area contributed by atoms with Gasteiger partial charge in [0.05, 0.1) is 6.26 Å². The Morgan fingerprint density at radius 3 is 2.40 bits per heavy atom. The highest BCUT2D eigenvalue weighted by Crippen LogP contribution is 2.29. The molecule has 0 unspecified atom stereocenters. The molecule has 0 saturated carbocycles. The van der Waals surface area contributed by atoms with Gasteiger partial charge in [0.15, 0.2) is 0 Å². The standard InChI is InChI=1S/C22H24N2O/c1-2-7-18(8-3-1)17-24-14-12-19(13-15-24)23-21-10-5-4-9-20(21)22-11-6-16-25-22/h1-11,16,19,23H,12-15,17H2. The van der Waals surface area contributed by atoms with E-state index >= 15 is 0 Å². The van der Waals surface area contributed by atoms with Crippen molar-refractivity contribution < 1.29 is 4.42 Å². The van der Waals surface area contributed by atoms with Crippen LogP contribution in [0.25, 0.3) is 11.3 Å². The molecule has 2 aromatic carbocycles. The van der Waals surface area contributed by atoms with E-state index < -0.39 is 0 Å². The molecule has 128 valence electrons. The normalized spacial score (nSPS) is 16.0. The van der Waals surface area contributed by atoms with E-state index in [1.54, 1.807) is 6.26 Å². The molecule has 3 heteroatoms. The molecule has 0 spiro atoms. The van der Waals surface area contributed by atoms with Crippen LogP contribution in [-0.4, -0.2) is 24.0 Å². The Kier molecular flexibility index (Phi) is 4.84. The predicted octanol–water partition coefficient (Wildman–Crippen LogP) is 5.02. The van der Waals surface area contributed by atoms with Crippen LogP contribution in [0.4, 0.5) is 5.69 Å². The zero-order valence-corrected chi connectivity index (χ0v) is 14.4. The first-order valence-corrected chi connectivity index (χ1v) is 9.04. The quantitative estimate of drug-likeness (QED) is 0.711. The Hall–Kier alpha value is -2.52. The van der Waals surface area contributed by atoms with Gasteiger partial charge in [-0.1, -0.05) is 42.5 Å². The number of anilines is 1. The Labute approximate surface area is 149 Å². The van der Waals surface area contributed by atoms with E-state index in [1.807, 2.05) is 12.1 Å². The number of para-hydroxylation sites is 1. The maximum atomic E-state index is 5.58. The summed E-state index contributed by atoms with van der Waals surface area (Å²) in [6, 6.07) is 23.6. The van der Waals surface area contributed by atoms with Gasteiger partial charge in [-0.3, -0.25) is 4.90 Å². The first kappa shape index (κ1) is 16.0. The van der Waals surface area contributed by atoms with Crippen LogP contribution in [0.3, 0.4) is 0 Å². The number of rotatable bonds is 5. The van der Waals surface area contributed by atoms with Crippen LogP contribution in [0.1, 0.15) is 18.4 Å². The van der Waals surface area contributed by atoms with E-state index in [1.165, 1.54) is 24.1 Å². The average molecular weight is 332 g/mol. The van der Waals surface area contributed by atoms with Crippen LogP contribution in [0, 0.1) is 0 Å². The van der Waals surface area contributed by atoms with E-state index in [4.69, 9.17) is 4.42 Å². The van der Waals surface area contributed by atoms with Gasteiger partial charge in [0.25, 0.3) is 0 Å². The molecular weight excluding hydrogens is 308 g/mol. The largest absolute Gasteiger partial charge is 0.464 e. The van der Waals surface area contributed by atoms with Gasteiger partial charge in [-0.2, -0.15) is 0 Å². The van der Waals surface area contributed by atoms with E-state index in [-0.39, 0.29) is 0 Å². The Morgan fingerprint density at radius 1 is 0.880 bits per heavy atom. The molecule has 4 rings (SSSR count). The third-order valence-electron chi connectivity index (χ3n) is 4.91. The van der Waals surface area contributed by atoms with Gasteiger partial charge in [-0.15, -0.1) is 0 Å². The van der Waals surface area contributed by atoms with Crippen molar-refractivity contribution in [3.8, 4) is 11.3 Å². The van der Waals surface area contributed by atoms with Crippen LogP contribution >= 0.6 is 0 Å². The molecule has 0 radical (unpaired) electrons. The molecule has 3 aromatic rings. The Morgan fingerprint density at radius 2 is 1.64 bits per heavy atom. The number of hydrogen-bond acceptors (Lipinski definition) is 3. The molecule has 1 fully saturated rings. The smallest absolute Gasteiger partial charge is 0.135 e. The van der Waals surface area contributed by atoms with Crippen LogP contribution in [-0.2, 0) is 6.54 Å². The number of likely N-dealkylation sites (tertiary alicyclic amines) is 1. The number of nitrogens with one attached hydrogen (secondary N) is 1. The summed E-state index contributed by atoms with van der Waals surface area (Å²) in [4.78, 5) is 2.55. The fraction of sp³-hybridized carbons (Fsp3) is 0.273. The number of hydrogen-bond donors (Lipinski definition) is 1. The van der Waals surface area contributed by atoms with Crippen molar-refractivity contribution in [2.75, 3.05) is 18.4 Å². The van der Waals surface area contributed by atoms with Crippen LogP contribution in [0.2, 0.25) is 0 Å². The molecule has 0 bridgehead atoms. The maximum Gasteiger partial charge on any atom is 0.135 e. The van der Waals surface area contributed by atoms with Crippen molar-refractivity contribution in [3.63, 3.8) is 0 Å². The van der Waals surface area contributed by atoms with Crippen molar-refractivity contribution in [3.05, 3.63) is 78.6 Å². The number of piperidine rings is 1. The van der Waals surface area contributed by atoms with Crippen LogP contribution < -0.4 is 5.32 Å². The second-order valence-corrected chi connectivity index (χ2v) is 6.70. The first-order valence-electron chi connectivity index (χ1n) is 9.04. The van der Waals surface area contributed by atoms with Gasteiger partial charge in [-0.25, -0.2) is 0 Å². The lowest BCUT2D eigenvalue weighted by Gasteiger charge is -2.33. The summed E-state index contributed by atoms with van der Waals surface area (Å²) in [7, 11) is 0. The predicted molar refractivity (Wildman–Crippen MR) is 103 cm³/mol. The minimum atomic E-state index is 0.517. The summed E-state index contributed by atoms with van der Waals surface area (Å²) in [6.07, 6.45) is 4.06. The molecule has 1 aromatic heterocycles. The summed E-state index contributed by atoms with van der Waals surface area (Å²) >= 11 is 0. The summed E-state index contributed by atoms with van der Waals surface area (Å²) in [5.74, 6) is 0.921. The highest BCUT2D eigenvalue weighted by molar-refractivity contribution is 5.74. The molecule has 3 nitrogen and oxygen atoms in total. The van der Waals surface area contributed by atoms with Crippen molar-refractivity contribution in [1.29, 1.82) is 0 Å². The van der Waals surface area contributed by atoms with Gasteiger partial charge in [0.2, 0.25) is 0 Å². The molecule has 0 amide bonds. The number of benzene rings is 2.